The molecular formula is C15H25NO3. The van der Waals surface area contributed by atoms with E-state index in [1.807, 2.05) is 25.1 Å². The summed E-state index contributed by atoms with van der Waals surface area (Å²) < 4.78 is 16.5. The summed E-state index contributed by atoms with van der Waals surface area (Å²) >= 11 is 0. The standard InChI is InChI=1S/C15H25NO3/c1-5-8-16-10-13(11-17-3)19-14-7-6-12(2)9-15(14)18-4/h6-7,9,13,16H,5,8,10-11H2,1-4H3. The third-order valence-electron chi connectivity index (χ3n) is 2.76. The van der Waals surface area contributed by atoms with Crippen molar-refractivity contribution in [2.45, 2.75) is 26.4 Å². The van der Waals surface area contributed by atoms with Gasteiger partial charge >= 0.3 is 0 Å². The zero-order valence-corrected chi connectivity index (χ0v) is 12.4. The fourth-order valence-corrected chi connectivity index (χ4v) is 1.81. The summed E-state index contributed by atoms with van der Waals surface area (Å²) in [6, 6.07) is 5.93. The molecule has 0 bridgehead atoms. The highest BCUT2D eigenvalue weighted by atomic mass is 16.5. The largest absolute Gasteiger partial charge is 0.493 e. The van der Waals surface area contributed by atoms with Gasteiger partial charge in [-0.2, -0.15) is 0 Å². The highest BCUT2D eigenvalue weighted by molar-refractivity contribution is 5.42. The van der Waals surface area contributed by atoms with Crippen molar-refractivity contribution in [2.75, 3.05) is 33.9 Å². The zero-order chi connectivity index (χ0) is 14.1. The quantitative estimate of drug-likeness (QED) is 0.697. The summed E-state index contributed by atoms with van der Waals surface area (Å²) in [7, 11) is 3.34. The highest BCUT2D eigenvalue weighted by Gasteiger charge is 2.13. The first kappa shape index (κ1) is 15.8. The number of nitrogens with one attached hydrogen (secondary N) is 1. The number of benzene rings is 1. The molecule has 0 saturated heterocycles. The molecule has 0 fully saturated rings. The second kappa shape index (κ2) is 8.77. The highest BCUT2D eigenvalue weighted by Crippen LogP contribution is 2.28. The van der Waals surface area contributed by atoms with Crippen molar-refractivity contribution < 1.29 is 14.2 Å². The van der Waals surface area contributed by atoms with Crippen LogP contribution in [0.3, 0.4) is 0 Å². The van der Waals surface area contributed by atoms with Crippen molar-refractivity contribution in [3.05, 3.63) is 23.8 Å². The van der Waals surface area contributed by atoms with Crippen LogP contribution in [-0.2, 0) is 4.74 Å². The molecule has 0 aliphatic heterocycles. The molecule has 0 heterocycles. The second-order valence-corrected chi connectivity index (χ2v) is 4.55. The lowest BCUT2D eigenvalue weighted by Gasteiger charge is -2.20. The minimum absolute atomic E-state index is 0.0202. The van der Waals surface area contributed by atoms with E-state index in [0.717, 1.165) is 36.6 Å². The summed E-state index contributed by atoms with van der Waals surface area (Å²) in [4.78, 5) is 0. The Morgan fingerprint density at radius 3 is 2.63 bits per heavy atom. The topological polar surface area (TPSA) is 39.7 Å². The Labute approximate surface area is 116 Å². The fraction of sp³-hybridized carbons (Fsp3) is 0.600. The average Bonchev–Trinajstić information content (AvgIpc) is 2.41. The molecular weight excluding hydrogens is 242 g/mol. The van der Waals surface area contributed by atoms with E-state index in [9.17, 15) is 0 Å². The summed E-state index contributed by atoms with van der Waals surface area (Å²) in [6.07, 6.45) is 1.08. The van der Waals surface area contributed by atoms with Crippen molar-refractivity contribution >= 4 is 0 Å². The van der Waals surface area contributed by atoms with E-state index < -0.39 is 0 Å². The van der Waals surface area contributed by atoms with Crippen LogP contribution < -0.4 is 14.8 Å². The predicted octanol–water partition coefficient (Wildman–Crippen LogP) is 2.40. The van der Waals surface area contributed by atoms with Gasteiger partial charge in [-0.15, -0.1) is 0 Å². The van der Waals surface area contributed by atoms with Gasteiger partial charge in [0, 0.05) is 13.7 Å². The van der Waals surface area contributed by atoms with E-state index in [1.165, 1.54) is 0 Å². The molecule has 0 spiro atoms. The van der Waals surface area contributed by atoms with Crippen LogP contribution in [0.2, 0.25) is 0 Å². The Morgan fingerprint density at radius 1 is 1.21 bits per heavy atom. The summed E-state index contributed by atoms with van der Waals surface area (Å²) in [5.74, 6) is 1.52. The van der Waals surface area contributed by atoms with Crippen LogP contribution in [0.15, 0.2) is 18.2 Å². The van der Waals surface area contributed by atoms with Gasteiger partial charge in [-0.05, 0) is 37.6 Å². The van der Waals surface area contributed by atoms with E-state index in [2.05, 4.69) is 12.2 Å². The van der Waals surface area contributed by atoms with E-state index in [0.29, 0.717) is 6.61 Å². The zero-order valence-electron chi connectivity index (χ0n) is 12.4. The maximum atomic E-state index is 5.97. The molecule has 108 valence electrons. The van der Waals surface area contributed by atoms with Crippen LogP contribution in [0.4, 0.5) is 0 Å². The average molecular weight is 267 g/mol. The lowest BCUT2D eigenvalue weighted by molar-refractivity contribution is 0.0787. The first-order valence-electron chi connectivity index (χ1n) is 6.72. The normalized spacial score (nSPS) is 12.2. The fourth-order valence-electron chi connectivity index (χ4n) is 1.81. The summed E-state index contributed by atoms with van der Waals surface area (Å²) in [6.45, 7) is 6.46. The lowest BCUT2D eigenvalue weighted by Crippen LogP contribution is -2.35. The van der Waals surface area contributed by atoms with E-state index in [-0.39, 0.29) is 6.10 Å². The molecule has 1 aromatic rings. The number of rotatable bonds is 9. The van der Waals surface area contributed by atoms with Gasteiger partial charge < -0.3 is 19.5 Å². The van der Waals surface area contributed by atoms with Crippen LogP contribution in [0.25, 0.3) is 0 Å². The molecule has 0 aliphatic rings. The van der Waals surface area contributed by atoms with E-state index >= 15 is 0 Å². The Hall–Kier alpha value is -1.26. The predicted molar refractivity (Wildman–Crippen MR) is 77.2 cm³/mol. The Kier molecular flexibility index (Phi) is 7.30. The lowest BCUT2D eigenvalue weighted by atomic mass is 10.2. The molecule has 0 radical (unpaired) electrons. The molecule has 1 unspecified atom stereocenters. The number of ether oxygens (including phenoxy) is 3. The summed E-state index contributed by atoms with van der Waals surface area (Å²) in [5, 5.41) is 3.34. The molecule has 1 atom stereocenters. The number of hydrogen-bond donors (Lipinski definition) is 1. The third-order valence-corrected chi connectivity index (χ3v) is 2.76. The van der Waals surface area contributed by atoms with Crippen molar-refractivity contribution in [3.8, 4) is 11.5 Å². The van der Waals surface area contributed by atoms with E-state index in [1.54, 1.807) is 14.2 Å². The third kappa shape index (κ3) is 5.49. The maximum absolute atomic E-state index is 5.97. The van der Waals surface area contributed by atoms with Gasteiger partial charge in [-0.1, -0.05) is 13.0 Å². The van der Waals surface area contributed by atoms with Crippen LogP contribution in [0.1, 0.15) is 18.9 Å². The van der Waals surface area contributed by atoms with Gasteiger partial charge in [-0.25, -0.2) is 0 Å². The second-order valence-electron chi connectivity index (χ2n) is 4.55. The molecule has 0 aromatic heterocycles. The van der Waals surface area contributed by atoms with Gasteiger partial charge in [0.05, 0.1) is 13.7 Å². The molecule has 0 aliphatic carbocycles. The first-order chi connectivity index (χ1) is 9.21. The molecule has 0 amide bonds. The van der Waals surface area contributed by atoms with Crippen molar-refractivity contribution in [3.63, 3.8) is 0 Å². The number of hydrogen-bond acceptors (Lipinski definition) is 4. The van der Waals surface area contributed by atoms with Crippen LogP contribution in [-0.4, -0.2) is 40.0 Å². The maximum Gasteiger partial charge on any atom is 0.161 e. The van der Waals surface area contributed by atoms with Crippen LogP contribution in [0.5, 0.6) is 11.5 Å². The number of methoxy groups -OCH3 is 2. The Balaban J connectivity index is 2.66. The molecule has 1 aromatic carbocycles. The monoisotopic (exact) mass is 267 g/mol. The SMILES string of the molecule is CCCNCC(COC)Oc1ccc(C)cc1OC. The molecule has 4 nitrogen and oxygen atoms in total. The van der Waals surface area contributed by atoms with Gasteiger partial charge in [0.2, 0.25) is 0 Å². The van der Waals surface area contributed by atoms with Crippen molar-refractivity contribution in [1.82, 2.24) is 5.32 Å². The molecule has 1 N–H and O–H groups in total. The minimum atomic E-state index is -0.0202. The molecule has 4 heteroatoms. The Morgan fingerprint density at radius 2 is 2.00 bits per heavy atom. The van der Waals surface area contributed by atoms with Crippen molar-refractivity contribution in [1.29, 1.82) is 0 Å². The van der Waals surface area contributed by atoms with Gasteiger partial charge in [0.1, 0.15) is 6.10 Å². The first-order valence-corrected chi connectivity index (χ1v) is 6.72. The van der Waals surface area contributed by atoms with Crippen LogP contribution >= 0.6 is 0 Å². The molecule has 0 saturated carbocycles. The van der Waals surface area contributed by atoms with Crippen LogP contribution in [0, 0.1) is 6.92 Å². The van der Waals surface area contributed by atoms with Crippen molar-refractivity contribution in [2.24, 2.45) is 0 Å². The van der Waals surface area contributed by atoms with Gasteiger partial charge in [-0.3, -0.25) is 0 Å². The van der Waals surface area contributed by atoms with Gasteiger partial charge in [0.25, 0.3) is 0 Å². The minimum Gasteiger partial charge on any atom is -0.493 e. The smallest absolute Gasteiger partial charge is 0.161 e. The van der Waals surface area contributed by atoms with E-state index in [4.69, 9.17) is 14.2 Å². The Bertz CT molecular complexity index is 368. The summed E-state index contributed by atoms with van der Waals surface area (Å²) in [5.41, 5.74) is 1.15. The molecule has 1 rings (SSSR count). The molecule has 19 heavy (non-hydrogen) atoms. The number of aryl methyl sites for hydroxylation is 1. The van der Waals surface area contributed by atoms with Gasteiger partial charge in [0.15, 0.2) is 11.5 Å².